The zero-order valence-corrected chi connectivity index (χ0v) is 7.24. The molecule has 2 saturated carbocycles. The summed E-state index contributed by atoms with van der Waals surface area (Å²) in [6, 6.07) is 0. The van der Waals surface area contributed by atoms with Crippen molar-refractivity contribution in [3.05, 3.63) is 0 Å². The van der Waals surface area contributed by atoms with Crippen LogP contribution in [0.2, 0.25) is 0 Å². The summed E-state index contributed by atoms with van der Waals surface area (Å²) < 4.78 is 13.6. The maximum atomic E-state index is 13.6. The molecule has 0 radical (unpaired) electrons. The van der Waals surface area contributed by atoms with E-state index in [1.165, 1.54) is 0 Å². The number of alkyl halides is 1. The van der Waals surface area contributed by atoms with Crippen LogP contribution < -0.4 is 5.73 Å². The second kappa shape index (κ2) is 2.25. The van der Waals surface area contributed by atoms with Crippen molar-refractivity contribution in [1.29, 1.82) is 0 Å². The molecule has 2 aliphatic rings. The Balaban J connectivity index is 2.31. The van der Waals surface area contributed by atoms with Gasteiger partial charge in [0, 0.05) is 11.8 Å². The summed E-state index contributed by atoms with van der Waals surface area (Å²) in [6.07, 6.45) is 0.382. The zero-order chi connectivity index (χ0) is 10.7. The molecule has 0 aromatic heterocycles. The van der Waals surface area contributed by atoms with Crippen molar-refractivity contribution in [1.82, 2.24) is 0 Å². The Kier molecular flexibility index (Phi) is 1.51. The molecule has 0 aromatic carbocycles. The Labute approximate surface area is 78.7 Å². The molecule has 0 spiro atoms. The van der Waals surface area contributed by atoms with E-state index in [2.05, 4.69) is 0 Å². The van der Waals surface area contributed by atoms with Gasteiger partial charge in [0.15, 0.2) is 0 Å². The SMILES string of the molecule is NC1(C(=O)O)CCC2C1[C@@]2(F)C(=O)O. The number of nitrogens with two attached hydrogens (primary N) is 1. The van der Waals surface area contributed by atoms with Crippen LogP contribution in [0.5, 0.6) is 0 Å². The molecule has 4 atom stereocenters. The lowest BCUT2D eigenvalue weighted by molar-refractivity contribution is -0.149. The molecule has 0 aromatic rings. The quantitative estimate of drug-likeness (QED) is 0.567. The fraction of sp³-hybridized carbons (Fsp3) is 0.750. The average molecular weight is 203 g/mol. The summed E-state index contributed by atoms with van der Waals surface area (Å²) in [4.78, 5) is 21.4. The van der Waals surface area contributed by atoms with Crippen LogP contribution in [-0.2, 0) is 9.59 Å². The topological polar surface area (TPSA) is 101 Å². The molecule has 5 nitrogen and oxygen atoms in total. The lowest BCUT2D eigenvalue weighted by Crippen LogP contribution is -2.51. The Morgan fingerprint density at radius 3 is 2.29 bits per heavy atom. The average Bonchev–Trinajstić information content (AvgIpc) is 2.50. The van der Waals surface area contributed by atoms with Gasteiger partial charge in [0.2, 0.25) is 5.67 Å². The smallest absolute Gasteiger partial charge is 0.342 e. The minimum Gasteiger partial charge on any atom is -0.480 e. The van der Waals surface area contributed by atoms with E-state index in [0.29, 0.717) is 0 Å². The van der Waals surface area contributed by atoms with Gasteiger partial charge in [-0.3, -0.25) is 4.79 Å². The lowest BCUT2D eigenvalue weighted by atomic mass is 9.91. The number of carbonyl (C=O) groups is 2. The first-order valence-corrected chi connectivity index (χ1v) is 4.29. The number of hydrogen-bond donors (Lipinski definition) is 3. The van der Waals surface area contributed by atoms with E-state index in [1.807, 2.05) is 0 Å². The molecule has 0 amide bonds. The van der Waals surface area contributed by atoms with Crippen LogP contribution in [0, 0.1) is 11.8 Å². The highest BCUT2D eigenvalue weighted by Gasteiger charge is 2.82. The summed E-state index contributed by atoms with van der Waals surface area (Å²) in [6.45, 7) is 0. The van der Waals surface area contributed by atoms with Crippen molar-refractivity contribution in [2.75, 3.05) is 0 Å². The van der Waals surface area contributed by atoms with E-state index in [9.17, 15) is 14.0 Å². The summed E-state index contributed by atoms with van der Waals surface area (Å²) in [5.41, 5.74) is 1.39. The van der Waals surface area contributed by atoms with Gasteiger partial charge < -0.3 is 15.9 Å². The summed E-state index contributed by atoms with van der Waals surface area (Å²) in [7, 11) is 0. The fourth-order valence-electron chi connectivity index (χ4n) is 2.62. The molecular formula is C8H10FNO4. The Morgan fingerprint density at radius 1 is 1.36 bits per heavy atom. The molecular weight excluding hydrogens is 193 g/mol. The number of halogens is 1. The van der Waals surface area contributed by atoms with Gasteiger partial charge >= 0.3 is 11.9 Å². The summed E-state index contributed by atoms with van der Waals surface area (Å²) >= 11 is 0. The molecule has 14 heavy (non-hydrogen) atoms. The van der Waals surface area contributed by atoms with Gasteiger partial charge in [0.05, 0.1) is 0 Å². The maximum Gasteiger partial charge on any atom is 0.342 e. The Bertz CT molecular complexity index is 333. The van der Waals surface area contributed by atoms with Crippen molar-refractivity contribution in [2.24, 2.45) is 17.6 Å². The van der Waals surface area contributed by atoms with E-state index in [1.54, 1.807) is 0 Å². The van der Waals surface area contributed by atoms with Gasteiger partial charge in [0.1, 0.15) is 5.54 Å². The van der Waals surface area contributed by atoms with Crippen molar-refractivity contribution in [3.8, 4) is 0 Å². The Hall–Kier alpha value is -1.17. The molecule has 6 heteroatoms. The van der Waals surface area contributed by atoms with E-state index in [-0.39, 0.29) is 12.8 Å². The first kappa shape index (κ1) is 9.39. The molecule has 4 N–H and O–H groups in total. The van der Waals surface area contributed by atoms with Gasteiger partial charge in [-0.15, -0.1) is 0 Å². The molecule has 78 valence electrons. The molecule has 2 rings (SSSR count). The minimum absolute atomic E-state index is 0.149. The molecule has 0 heterocycles. The van der Waals surface area contributed by atoms with Crippen molar-refractivity contribution in [3.63, 3.8) is 0 Å². The van der Waals surface area contributed by atoms with E-state index in [4.69, 9.17) is 15.9 Å². The normalized spacial score (nSPS) is 49.9. The third-order valence-corrected chi connectivity index (χ3v) is 3.44. The lowest BCUT2D eigenvalue weighted by Gasteiger charge is -2.22. The van der Waals surface area contributed by atoms with Crippen LogP contribution in [-0.4, -0.2) is 33.4 Å². The first-order valence-electron chi connectivity index (χ1n) is 4.29. The first-order chi connectivity index (χ1) is 6.35. The fourth-order valence-corrected chi connectivity index (χ4v) is 2.62. The van der Waals surface area contributed by atoms with Crippen molar-refractivity contribution >= 4 is 11.9 Å². The number of carboxylic acid groups (broad SMARTS) is 2. The van der Waals surface area contributed by atoms with Crippen molar-refractivity contribution < 1.29 is 24.2 Å². The Morgan fingerprint density at radius 2 is 1.93 bits per heavy atom. The second-order valence-electron chi connectivity index (χ2n) is 4.04. The molecule has 2 aliphatic carbocycles. The maximum absolute atomic E-state index is 13.6. The van der Waals surface area contributed by atoms with Crippen LogP contribution in [0.15, 0.2) is 0 Å². The van der Waals surface area contributed by atoms with E-state index in [0.717, 1.165) is 0 Å². The molecule has 2 fully saturated rings. The zero-order valence-electron chi connectivity index (χ0n) is 7.24. The number of fused-ring (bicyclic) bond motifs is 1. The largest absolute Gasteiger partial charge is 0.480 e. The number of rotatable bonds is 2. The monoisotopic (exact) mass is 203 g/mol. The number of aliphatic carboxylic acids is 2. The van der Waals surface area contributed by atoms with E-state index < -0.39 is 35.0 Å². The van der Waals surface area contributed by atoms with Crippen LogP contribution in [0.3, 0.4) is 0 Å². The van der Waals surface area contributed by atoms with Gasteiger partial charge in [-0.25, -0.2) is 9.18 Å². The molecule has 0 aliphatic heterocycles. The van der Waals surface area contributed by atoms with Crippen LogP contribution in [0.1, 0.15) is 12.8 Å². The highest BCUT2D eigenvalue weighted by molar-refractivity contribution is 5.89. The second-order valence-corrected chi connectivity index (χ2v) is 4.04. The number of carboxylic acids is 2. The standard InChI is InChI=1S/C8H10FNO4/c9-8(6(13)14)3-1-2-7(10,4(3)8)5(11)12/h3-4H,1-2,10H2,(H,11,12)(H,13,14)/t3?,4?,7?,8-/m1/s1. The molecule has 3 unspecified atom stereocenters. The van der Waals surface area contributed by atoms with Gasteiger partial charge in [0.25, 0.3) is 0 Å². The summed E-state index contributed by atoms with van der Waals surface area (Å²) in [5.74, 6) is -4.69. The predicted octanol–water partition coefficient (Wildman–Crippen LogP) is -0.399. The third-order valence-electron chi connectivity index (χ3n) is 3.44. The van der Waals surface area contributed by atoms with Gasteiger partial charge in [-0.05, 0) is 12.8 Å². The van der Waals surface area contributed by atoms with Gasteiger partial charge in [-0.1, -0.05) is 0 Å². The molecule has 0 bridgehead atoms. The van der Waals surface area contributed by atoms with Crippen molar-refractivity contribution in [2.45, 2.75) is 24.0 Å². The third kappa shape index (κ3) is 0.771. The summed E-state index contributed by atoms with van der Waals surface area (Å²) in [5, 5.41) is 17.4. The van der Waals surface area contributed by atoms with Gasteiger partial charge in [-0.2, -0.15) is 0 Å². The highest BCUT2D eigenvalue weighted by atomic mass is 19.1. The predicted molar refractivity (Wildman–Crippen MR) is 42.2 cm³/mol. The number of hydrogen-bond acceptors (Lipinski definition) is 3. The van der Waals surface area contributed by atoms with E-state index >= 15 is 0 Å². The van der Waals surface area contributed by atoms with Crippen LogP contribution in [0.25, 0.3) is 0 Å². The highest BCUT2D eigenvalue weighted by Crippen LogP contribution is 2.66. The van der Waals surface area contributed by atoms with Crippen LogP contribution >= 0.6 is 0 Å². The van der Waals surface area contributed by atoms with Crippen LogP contribution in [0.4, 0.5) is 4.39 Å². The molecule has 0 saturated heterocycles. The minimum atomic E-state index is -2.41.